The Morgan fingerprint density at radius 3 is 2.19 bits per heavy atom. The summed E-state index contributed by atoms with van der Waals surface area (Å²) in [5.41, 5.74) is 2.55. The summed E-state index contributed by atoms with van der Waals surface area (Å²) in [7, 11) is 0. The van der Waals surface area contributed by atoms with Crippen molar-refractivity contribution in [1.29, 1.82) is 0 Å². The average molecular weight is 357 g/mol. The fourth-order valence-corrected chi connectivity index (χ4v) is 4.29. The summed E-state index contributed by atoms with van der Waals surface area (Å²) >= 11 is 0. The minimum Gasteiger partial charge on any atom is -0.550 e. The van der Waals surface area contributed by atoms with Crippen molar-refractivity contribution in [2.24, 2.45) is 11.8 Å². The number of carboxylic acids is 1. The van der Waals surface area contributed by atoms with E-state index in [1.54, 1.807) is 0 Å². The van der Waals surface area contributed by atoms with Crippen molar-refractivity contribution in [1.82, 2.24) is 4.90 Å². The Balaban J connectivity index is 1.57. The lowest BCUT2D eigenvalue weighted by Gasteiger charge is -2.40. The highest BCUT2D eigenvalue weighted by Crippen LogP contribution is 2.31. The summed E-state index contributed by atoms with van der Waals surface area (Å²) in [5.74, 6) is -2.06. The van der Waals surface area contributed by atoms with E-state index in [1.165, 1.54) is 11.3 Å². The van der Waals surface area contributed by atoms with E-state index in [0.717, 1.165) is 38.8 Å². The molecule has 3 rings (SSSR count). The first-order valence-electron chi connectivity index (χ1n) is 9.93. The predicted octanol–water partition coefficient (Wildman–Crippen LogP) is 1.84. The van der Waals surface area contributed by atoms with Gasteiger partial charge in [0.15, 0.2) is 0 Å². The first-order valence-corrected chi connectivity index (χ1v) is 9.93. The van der Waals surface area contributed by atoms with E-state index in [4.69, 9.17) is 0 Å². The summed E-state index contributed by atoms with van der Waals surface area (Å²) in [6, 6.07) is 8.69. The van der Waals surface area contributed by atoms with Crippen LogP contribution in [0.15, 0.2) is 24.3 Å². The third-order valence-electron chi connectivity index (χ3n) is 5.82. The maximum atomic E-state index is 12.8. The number of carboxylic acid groups (broad SMARTS) is 1. The van der Waals surface area contributed by atoms with Crippen LogP contribution in [0.3, 0.4) is 0 Å². The first-order chi connectivity index (χ1) is 12.6. The quantitative estimate of drug-likeness (QED) is 0.807. The summed E-state index contributed by atoms with van der Waals surface area (Å²) in [5, 5.41) is 11.4. The molecule has 26 heavy (non-hydrogen) atoms. The molecule has 1 saturated carbocycles. The molecule has 1 heterocycles. The van der Waals surface area contributed by atoms with Crippen LogP contribution in [-0.2, 0) is 16.0 Å². The lowest BCUT2D eigenvalue weighted by atomic mass is 9.78. The topological polar surface area (TPSA) is 63.7 Å². The second-order valence-electron chi connectivity index (χ2n) is 7.55. The van der Waals surface area contributed by atoms with Crippen LogP contribution >= 0.6 is 0 Å². The van der Waals surface area contributed by atoms with E-state index in [1.807, 2.05) is 4.90 Å². The molecular formula is C21H29N2O3-. The number of anilines is 1. The van der Waals surface area contributed by atoms with Gasteiger partial charge in [-0.2, -0.15) is 0 Å². The SMILES string of the molecule is CCCc1ccc(N2CCN(C(=O)C3CCCCC3C(=O)[O-])CC2)cc1. The number of nitrogens with zero attached hydrogens (tertiary/aromatic N) is 2. The van der Waals surface area contributed by atoms with Crippen LogP contribution in [0.25, 0.3) is 0 Å². The largest absolute Gasteiger partial charge is 0.550 e. The average Bonchev–Trinajstić information content (AvgIpc) is 2.68. The second kappa shape index (κ2) is 8.56. The molecule has 1 aromatic rings. The maximum absolute atomic E-state index is 12.8. The number of rotatable bonds is 5. The van der Waals surface area contributed by atoms with Crippen LogP contribution in [0, 0.1) is 11.8 Å². The van der Waals surface area contributed by atoms with Gasteiger partial charge in [0, 0.05) is 49.7 Å². The van der Waals surface area contributed by atoms with E-state index in [9.17, 15) is 14.7 Å². The zero-order valence-corrected chi connectivity index (χ0v) is 15.7. The highest BCUT2D eigenvalue weighted by Gasteiger charge is 2.35. The van der Waals surface area contributed by atoms with Crippen molar-refractivity contribution < 1.29 is 14.7 Å². The smallest absolute Gasteiger partial charge is 0.226 e. The molecule has 1 saturated heterocycles. The molecule has 2 aliphatic rings. The second-order valence-corrected chi connectivity index (χ2v) is 7.55. The summed E-state index contributed by atoms with van der Waals surface area (Å²) in [4.78, 5) is 28.4. The fourth-order valence-electron chi connectivity index (χ4n) is 4.29. The highest BCUT2D eigenvalue weighted by atomic mass is 16.4. The Kier molecular flexibility index (Phi) is 6.17. The number of carbonyl (C=O) groups is 2. The fraction of sp³-hybridized carbons (Fsp3) is 0.619. The monoisotopic (exact) mass is 357 g/mol. The van der Waals surface area contributed by atoms with E-state index in [-0.39, 0.29) is 5.91 Å². The van der Waals surface area contributed by atoms with Gasteiger partial charge in [0.2, 0.25) is 5.91 Å². The van der Waals surface area contributed by atoms with E-state index >= 15 is 0 Å². The van der Waals surface area contributed by atoms with Gasteiger partial charge < -0.3 is 19.7 Å². The third kappa shape index (κ3) is 4.19. The number of piperazine rings is 1. The number of aryl methyl sites for hydroxylation is 1. The summed E-state index contributed by atoms with van der Waals surface area (Å²) in [6.07, 6.45) is 5.31. The van der Waals surface area contributed by atoms with E-state index in [0.29, 0.717) is 25.9 Å². The van der Waals surface area contributed by atoms with Gasteiger partial charge in [0.1, 0.15) is 0 Å². The molecule has 0 radical (unpaired) electrons. The Morgan fingerprint density at radius 2 is 1.62 bits per heavy atom. The van der Waals surface area contributed by atoms with Crippen LogP contribution in [0.5, 0.6) is 0 Å². The molecule has 0 bridgehead atoms. The molecule has 2 atom stereocenters. The zero-order chi connectivity index (χ0) is 18.5. The number of hydrogen-bond acceptors (Lipinski definition) is 4. The molecule has 2 unspecified atom stereocenters. The lowest BCUT2D eigenvalue weighted by molar-refractivity contribution is -0.314. The van der Waals surface area contributed by atoms with Crippen molar-refractivity contribution in [3.63, 3.8) is 0 Å². The standard InChI is InChI=1S/C21H30N2O3/c1-2-5-16-8-10-17(11-9-16)22-12-14-23(15-13-22)20(24)18-6-3-4-7-19(18)21(25)26/h8-11,18-19H,2-7,12-15H2,1H3,(H,25,26)/p-1. The van der Waals surface area contributed by atoms with E-state index in [2.05, 4.69) is 36.1 Å². The van der Waals surface area contributed by atoms with Crippen LogP contribution < -0.4 is 10.0 Å². The third-order valence-corrected chi connectivity index (χ3v) is 5.82. The minimum atomic E-state index is -1.06. The Morgan fingerprint density at radius 1 is 1.00 bits per heavy atom. The van der Waals surface area contributed by atoms with Gasteiger partial charge in [-0.25, -0.2) is 0 Å². The summed E-state index contributed by atoms with van der Waals surface area (Å²) < 4.78 is 0. The molecule has 142 valence electrons. The van der Waals surface area contributed by atoms with Gasteiger partial charge in [-0.15, -0.1) is 0 Å². The van der Waals surface area contributed by atoms with Crippen molar-refractivity contribution >= 4 is 17.6 Å². The number of hydrogen-bond donors (Lipinski definition) is 0. The Bertz CT molecular complexity index is 621. The van der Waals surface area contributed by atoms with Crippen molar-refractivity contribution in [2.75, 3.05) is 31.1 Å². The predicted molar refractivity (Wildman–Crippen MR) is 99.7 cm³/mol. The van der Waals surface area contributed by atoms with Gasteiger partial charge in [-0.3, -0.25) is 4.79 Å². The number of carbonyl (C=O) groups excluding carboxylic acids is 2. The normalized spacial score (nSPS) is 23.7. The first kappa shape index (κ1) is 18.7. The molecule has 5 nitrogen and oxygen atoms in total. The summed E-state index contributed by atoms with van der Waals surface area (Å²) in [6.45, 7) is 5.09. The molecular weight excluding hydrogens is 328 g/mol. The Hall–Kier alpha value is -2.04. The molecule has 0 N–H and O–H groups in total. The molecule has 1 amide bonds. The molecule has 0 aromatic heterocycles. The number of amides is 1. The van der Waals surface area contributed by atoms with Gasteiger partial charge in [-0.05, 0) is 37.0 Å². The molecule has 2 fully saturated rings. The lowest BCUT2D eigenvalue weighted by Crippen LogP contribution is -2.53. The van der Waals surface area contributed by atoms with Crippen LogP contribution in [-0.4, -0.2) is 43.0 Å². The van der Waals surface area contributed by atoms with Crippen LogP contribution in [0.4, 0.5) is 5.69 Å². The van der Waals surface area contributed by atoms with Crippen molar-refractivity contribution in [3.8, 4) is 0 Å². The van der Waals surface area contributed by atoms with Crippen molar-refractivity contribution in [2.45, 2.75) is 45.4 Å². The van der Waals surface area contributed by atoms with Gasteiger partial charge in [0.05, 0.1) is 0 Å². The highest BCUT2D eigenvalue weighted by molar-refractivity contribution is 5.84. The maximum Gasteiger partial charge on any atom is 0.226 e. The molecule has 1 aliphatic carbocycles. The number of benzene rings is 1. The van der Waals surface area contributed by atoms with Gasteiger partial charge in [0.25, 0.3) is 0 Å². The number of aliphatic carboxylic acids is 1. The van der Waals surface area contributed by atoms with Crippen molar-refractivity contribution in [3.05, 3.63) is 29.8 Å². The van der Waals surface area contributed by atoms with Crippen LogP contribution in [0.1, 0.15) is 44.6 Å². The molecule has 5 heteroatoms. The molecule has 1 aliphatic heterocycles. The van der Waals surface area contributed by atoms with Crippen LogP contribution in [0.2, 0.25) is 0 Å². The molecule has 0 spiro atoms. The van der Waals surface area contributed by atoms with E-state index < -0.39 is 17.8 Å². The molecule has 1 aromatic carbocycles. The van der Waals surface area contributed by atoms with Gasteiger partial charge in [-0.1, -0.05) is 38.3 Å². The zero-order valence-electron chi connectivity index (χ0n) is 15.7. The Labute approximate surface area is 156 Å². The van der Waals surface area contributed by atoms with Gasteiger partial charge >= 0.3 is 0 Å². The minimum absolute atomic E-state index is 0.0110.